The van der Waals surface area contributed by atoms with Gasteiger partial charge in [0.25, 0.3) is 11.8 Å². The number of hydrogen-bond donors (Lipinski definition) is 4. The third kappa shape index (κ3) is 3.91. The van der Waals surface area contributed by atoms with E-state index in [2.05, 4.69) is 20.9 Å². The molecule has 0 unspecified atom stereocenters. The second-order valence-electron chi connectivity index (χ2n) is 6.42. The normalized spacial score (nSPS) is 11.0. The van der Waals surface area contributed by atoms with Crippen molar-refractivity contribution >= 4 is 34.0 Å². The van der Waals surface area contributed by atoms with Gasteiger partial charge < -0.3 is 15.1 Å². The summed E-state index contributed by atoms with van der Waals surface area (Å²) in [6.45, 7) is 0.487. The van der Waals surface area contributed by atoms with Crippen LogP contribution in [0.15, 0.2) is 47.8 Å². The number of amides is 1. The van der Waals surface area contributed by atoms with Crippen molar-refractivity contribution in [2.75, 3.05) is 7.05 Å². The van der Waals surface area contributed by atoms with Crippen molar-refractivity contribution in [3.63, 3.8) is 0 Å². The van der Waals surface area contributed by atoms with Crippen LogP contribution in [0.1, 0.15) is 21.1 Å². The van der Waals surface area contributed by atoms with Crippen molar-refractivity contribution in [3.8, 4) is 11.3 Å². The van der Waals surface area contributed by atoms with Gasteiger partial charge in [-0.05, 0) is 35.7 Å². The first-order valence-electron chi connectivity index (χ1n) is 8.95. The molecule has 4 rings (SSSR count). The van der Waals surface area contributed by atoms with Gasteiger partial charge in [0.05, 0.1) is 12.2 Å². The molecular formula is C20H20N6O2S. The van der Waals surface area contributed by atoms with Gasteiger partial charge in [-0.2, -0.15) is 10.6 Å². The lowest BCUT2D eigenvalue weighted by Crippen LogP contribution is -2.22. The minimum atomic E-state index is -0.206. The third-order valence-electron chi connectivity index (χ3n) is 4.48. The van der Waals surface area contributed by atoms with Gasteiger partial charge in [0, 0.05) is 35.4 Å². The lowest BCUT2D eigenvalue weighted by atomic mass is 10.1. The number of rotatable bonds is 6. The fourth-order valence-corrected chi connectivity index (χ4v) is 3.74. The molecule has 0 aliphatic heterocycles. The number of benzene rings is 1. The second-order valence-corrected chi connectivity index (χ2v) is 7.45. The third-order valence-corrected chi connectivity index (χ3v) is 5.36. The molecule has 0 spiro atoms. The Bertz CT molecular complexity index is 1180. The van der Waals surface area contributed by atoms with E-state index in [1.807, 2.05) is 48.8 Å². The molecule has 1 amide bonds. The average molecular weight is 408 g/mol. The Hall–Kier alpha value is -3.43. The number of nitrogens with zero attached hydrogens (tertiary/aromatic N) is 2. The van der Waals surface area contributed by atoms with Crippen molar-refractivity contribution < 1.29 is 9.63 Å². The summed E-state index contributed by atoms with van der Waals surface area (Å²) in [6, 6.07) is 13.5. The SMILES string of the molecule is CNOC(=N)c1cc2cc(-c3cc(C(=O)NCc4cccs4)nn3C)ccc2[nH]1. The first-order chi connectivity index (χ1) is 14.0. The highest BCUT2D eigenvalue weighted by Crippen LogP contribution is 2.25. The fraction of sp³-hybridized carbons (Fsp3) is 0.150. The van der Waals surface area contributed by atoms with E-state index < -0.39 is 0 Å². The van der Waals surface area contributed by atoms with Crippen LogP contribution in [0.4, 0.5) is 0 Å². The van der Waals surface area contributed by atoms with Gasteiger partial charge in [-0.1, -0.05) is 12.1 Å². The fourth-order valence-electron chi connectivity index (χ4n) is 3.09. The summed E-state index contributed by atoms with van der Waals surface area (Å²) in [6.07, 6.45) is 0. The lowest BCUT2D eigenvalue weighted by Gasteiger charge is -2.01. The molecule has 8 nitrogen and oxygen atoms in total. The minimum absolute atomic E-state index is 0.00970. The van der Waals surface area contributed by atoms with Gasteiger partial charge in [0.1, 0.15) is 5.69 Å². The molecule has 0 aliphatic rings. The number of thiophene rings is 1. The van der Waals surface area contributed by atoms with Gasteiger partial charge >= 0.3 is 0 Å². The van der Waals surface area contributed by atoms with Crippen LogP contribution in [-0.4, -0.2) is 33.6 Å². The van der Waals surface area contributed by atoms with Crippen molar-refractivity contribution in [1.29, 1.82) is 5.41 Å². The van der Waals surface area contributed by atoms with E-state index >= 15 is 0 Å². The van der Waals surface area contributed by atoms with Crippen LogP contribution in [0.5, 0.6) is 0 Å². The molecule has 0 bridgehead atoms. The topological polar surface area (TPSA) is 108 Å². The van der Waals surface area contributed by atoms with E-state index in [4.69, 9.17) is 10.2 Å². The zero-order valence-corrected chi connectivity index (χ0v) is 16.8. The van der Waals surface area contributed by atoms with Crippen LogP contribution in [0.25, 0.3) is 22.2 Å². The highest BCUT2D eigenvalue weighted by atomic mass is 32.1. The van der Waals surface area contributed by atoms with Gasteiger partial charge in [-0.25, -0.2) is 0 Å². The molecule has 0 aliphatic carbocycles. The standard InChI is InChI=1S/C20H20N6O2S/c1-22-28-19(21)16-9-13-8-12(5-6-15(13)24-16)18-10-17(25-26(18)2)20(27)23-11-14-4-3-7-29-14/h3-10,21-22,24H,11H2,1-2H3,(H,23,27). The smallest absolute Gasteiger partial charge is 0.272 e. The summed E-state index contributed by atoms with van der Waals surface area (Å²) < 4.78 is 1.70. The van der Waals surface area contributed by atoms with Crippen LogP contribution in [0, 0.1) is 5.41 Å². The molecule has 0 atom stereocenters. The molecule has 29 heavy (non-hydrogen) atoms. The first kappa shape index (κ1) is 18.9. The number of carbonyl (C=O) groups is 1. The van der Waals surface area contributed by atoms with Crippen LogP contribution in [0.2, 0.25) is 0 Å². The summed E-state index contributed by atoms with van der Waals surface area (Å²) in [5.41, 5.74) is 6.09. The first-order valence-corrected chi connectivity index (χ1v) is 9.83. The lowest BCUT2D eigenvalue weighted by molar-refractivity contribution is 0.0945. The van der Waals surface area contributed by atoms with E-state index in [1.54, 1.807) is 29.1 Å². The van der Waals surface area contributed by atoms with Crippen LogP contribution < -0.4 is 10.8 Å². The number of H-pyrrole nitrogens is 1. The van der Waals surface area contributed by atoms with Crippen LogP contribution in [-0.2, 0) is 18.4 Å². The highest BCUT2D eigenvalue weighted by Gasteiger charge is 2.15. The minimum Gasteiger partial charge on any atom is -0.387 e. The summed E-state index contributed by atoms with van der Waals surface area (Å²) in [5.74, 6) is -0.196. The second kappa shape index (κ2) is 7.90. The maximum atomic E-state index is 12.5. The monoisotopic (exact) mass is 408 g/mol. The number of nitrogens with one attached hydrogen (secondary N) is 4. The number of hydrogen-bond acceptors (Lipinski definition) is 6. The molecule has 3 aromatic heterocycles. The Labute approximate surface area is 171 Å². The van der Waals surface area contributed by atoms with Crippen molar-refractivity contribution in [2.24, 2.45) is 7.05 Å². The van der Waals surface area contributed by atoms with Gasteiger partial charge in [-0.3, -0.25) is 14.9 Å². The predicted molar refractivity (Wildman–Crippen MR) is 113 cm³/mol. The number of fused-ring (bicyclic) bond motifs is 1. The summed E-state index contributed by atoms with van der Waals surface area (Å²) in [5, 5.41) is 18.1. The number of aryl methyl sites for hydroxylation is 1. The number of aromatic amines is 1. The molecule has 4 aromatic rings. The van der Waals surface area contributed by atoms with Crippen LogP contribution in [0.3, 0.4) is 0 Å². The Kier molecular flexibility index (Phi) is 5.15. The Balaban J connectivity index is 1.57. The molecular weight excluding hydrogens is 388 g/mol. The van der Waals surface area contributed by atoms with Crippen molar-refractivity contribution in [1.82, 2.24) is 25.6 Å². The number of aromatic nitrogens is 3. The quantitative estimate of drug-likeness (QED) is 0.223. The molecule has 0 radical (unpaired) electrons. The van der Waals surface area contributed by atoms with Gasteiger partial charge in [0.2, 0.25) is 0 Å². The molecule has 4 N–H and O–H groups in total. The molecule has 0 fully saturated rings. The van der Waals surface area contributed by atoms with Crippen LogP contribution >= 0.6 is 11.3 Å². The molecule has 3 heterocycles. The largest absolute Gasteiger partial charge is 0.387 e. The molecule has 148 valence electrons. The number of hydroxylamine groups is 1. The predicted octanol–water partition coefficient (Wildman–Crippen LogP) is 3.04. The maximum Gasteiger partial charge on any atom is 0.272 e. The van der Waals surface area contributed by atoms with E-state index in [0.717, 1.165) is 27.0 Å². The Morgan fingerprint density at radius 3 is 2.93 bits per heavy atom. The van der Waals surface area contributed by atoms with Gasteiger partial charge in [0.15, 0.2) is 5.69 Å². The molecule has 1 aromatic carbocycles. The highest BCUT2D eigenvalue weighted by molar-refractivity contribution is 7.09. The Morgan fingerprint density at radius 1 is 1.31 bits per heavy atom. The van der Waals surface area contributed by atoms with Crippen molar-refractivity contribution in [3.05, 3.63) is 64.1 Å². The van der Waals surface area contributed by atoms with E-state index in [1.165, 1.54) is 0 Å². The molecule has 0 saturated heterocycles. The summed E-state index contributed by atoms with van der Waals surface area (Å²) >= 11 is 1.60. The summed E-state index contributed by atoms with van der Waals surface area (Å²) in [4.78, 5) is 21.7. The zero-order chi connectivity index (χ0) is 20.4. The molecule has 9 heteroatoms. The average Bonchev–Trinajstić information content (AvgIpc) is 3.45. The number of carbonyl (C=O) groups excluding carboxylic acids is 1. The van der Waals surface area contributed by atoms with Gasteiger partial charge in [-0.15, -0.1) is 11.3 Å². The zero-order valence-electron chi connectivity index (χ0n) is 15.9. The maximum absolute atomic E-state index is 12.5. The van der Waals surface area contributed by atoms with E-state index in [0.29, 0.717) is 17.9 Å². The molecule has 0 saturated carbocycles. The summed E-state index contributed by atoms with van der Waals surface area (Å²) in [7, 11) is 3.42. The van der Waals surface area contributed by atoms with E-state index in [9.17, 15) is 4.79 Å². The van der Waals surface area contributed by atoms with E-state index in [-0.39, 0.29) is 11.8 Å². The van der Waals surface area contributed by atoms with Crippen molar-refractivity contribution in [2.45, 2.75) is 6.54 Å². The Morgan fingerprint density at radius 2 is 2.17 bits per heavy atom.